The first kappa shape index (κ1) is 20.7. The fourth-order valence-electron chi connectivity index (χ4n) is 3.90. The quantitative estimate of drug-likeness (QED) is 0.570. The van der Waals surface area contributed by atoms with Crippen LogP contribution in [0.25, 0.3) is 11.0 Å². The van der Waals surface area contributed by atoms with E-state index in [1.165, 1.54) is 0 Å². The molecule has 8 nitrogen and oxygen atoms in total. The Balaban J connectivity index is 1.50. The second-order valence-electron chi connectivity index (χ2n) is 7.81. The van der Waals surface area contributed by atoms with E-state index in [2.05, 4.69) is 20.6 Å². The molecule has 1 aromatic heterocycles. The monoisotopic (exact) mass is 421 g/mol. The molecule has 3 N–H and O–H groups in total. The van der Waals surface area contributed by atoms with Gasteiger partial charge in [-0.3, -0.25) is 4.79 Å². The zero-order chi connectivity index (χ0) is 21.8. The van der Waals surface area contributed by atoms with Crippen molar-refractivity contribution >= 4 is 23.0 Å². The molecule has 0 bridgehead atoms. The highest BCUT2D eigenvalue weighted by molar-refractivity contribution is 5.77. The third-order valence-corrected chi connectivity index (χ3v) is 5.61. The van der Waals surface area contributed by atoms with Crippen LogP contribution in [0.5, 0.6) is 5.75 Å². The van der Waals surface area contributed by atoms with Gasteiger partial charge in [0.2, 0.25) is 5.91 Å². The van der Waals surface area contributed by atoms with E-state index >= 15 is 0 Å². The number of fused-ring (bicyclic) bond motifs is 1. The van der Waals surface area contributed by atoms with Gasteiger partial charge in [-0.15, -0.1) is 0 Å². The minimum Gasteiger partial charge on any atom is -0.497 e. The highest BCUT2D eigenvalue weighted by Crippen LogP contribution is 2.21. The van der Waals surface area contributed by atoms with Crippen LogP contribution < -0.4 is 15.4 Å². The maximum Gasteiger partial charge on any atom is 0.315 e. The average molecular weight is 422 g/mol. The van der Waals surface area contributed by atoms with Gasteiger partial charge in [0.25, 0.3) is 0 Å². The first-order valence-electron chi connectivity index (χ1n) is 10.4. The fraction of sp³-hybridized carbons (Fsp3) is 0.348. The van der Waals surface area contributed by atoms with Gasteiger partial charge in [-0.2, -0.15) is 0 Å². The zero-order valence-corrected chi connectivity index (χ0v) is 17.7. The molecule has 162 valence electrons. The van der Waals surface area contributed by atoms with Crippen LogP contribution in [0.15, 0.2) is 48.5 Å². The molecule has 31 heavy (non-hydrogen) atoms. The molecule has 3 amide bonds. The number of imidazole rings is 1. The lowest BCUT2D eigenvalue weighted by Gasteiger charge is -2.20. The Morgan fingerprint density at radius 3 is 2.68 bits per heavy atom. The topological polar surface area (TPSA) is 99.3 Å². The molecule has 1 aliphatic rings. The molecule has 2 aromatic carbocycles. The molecule has 0 radical (unpaired) electrons. The van der Waals surface area contributed by atoms with Gasteiger partial charge >= 0.3 is 6.03 Å². The highest BCUT2D eigenvalue weighted by atomic mass is 16.5. The highest BCUT2D eigenvalue weighted by Gasteiger charge is 2.27. The van der Waals surface area contributed by atoms with Crippen molar-refractivity contribution in [3.05, 3.63) is 59.9 Å². The van der Waals surface area contributed by atoms with Crippen LogP contribution >= 0.6 is 0 Å². The number of hydrogen-bond donors (Lipinski definition) is 3. The van der Waals surface area contributed by atoms with E-state index in [9.17, 15) is 9.59 Å². The molecule has 2 heterocycles. The number of nitrogens with zero attached hydrogens (tertiary/aromatic N) is 2. The number of rotatable bonds is 6. The van der Waals surface area contributed by atoms with E-state index in [1.807, 2.05) is 48.5 Å². The number of amides is 3. The Bertz CT molecular complexity index is 1030. The third-order valence-electron chi connectivity index (χ3n) is 5.61. The number of carbonyl (C=O) groups is 2. The van der Waals surface area contributed by atoms with Gasteiger partial charge in [0.15, 0.2) is 0 Å². The van der Waals surface area contributed by atoms with Crippen LogP contribution in [-0.4, -0.2) is 53.0 Å². The predicted molar refractivity (Wildman–Crippen MR) is 118 cm³/mol. The average Bonchev–Trinajstić information content (AvgIpc) is 3.41. The third kappa shape index (κ3) is 4.96. The van der Waals surface area contributed by atoms with Crippen molar-refractivity contribution < 1.29 is 14.3 Å². The molecule has 8 heteroatoms. The van der Waals surface area contributed by atoms with Crippen LogP contribution in [-0.2, 0) is 11.2 Å². The Hall–Kier alpha value is -3.55. The van der Waals surface area contributed by atoms with Crippen LogP contribution in [0.3, 0.4) is 0 Å². The van der Waals surface area contributed by atoms with Gasteiger partial charge in [0.05, 0.1) is 24.2 Å². The zero-order valence-electron chi connectivity index (χ0n) is 17.7. The van der Waals surface area contributed by atoms with Crippen molar-refractivity contribution in [2.45, 2.75) is 31.8 Å². The van der Waals surface area contributed by atoms with Crippen molar-refractivity contribution in [1.82, 2.24) is 25.5 Å². The van der Waals surface area contributed by atoms with Crippen LogP contribution in [0, 0.1) is 0 Å². The molecule has 1 aliphatic heterocycles. The molecule has 0 unspecified atom stereocenters. The van der Waals surface area contributed by atoms with Crippen LogP contribution in [0.4, 0.5) is 4.79 Å². The molecule has 2 atom stereocenters. The number of H-pyrrole nitrogens is 1. The second kappa shape index (κ2) is 9.07. The van der Waals surface area contributed by atoms with E-state index < -0.39 is 0 Å². The van der Waals surface area contributed by atoms with Gasteiger partial charge < -0.3 is 25.3 Å². The molecular formula is C23H27N5O3. The Labute approximate surface area is 181 Å². The number of urea groups is 1. The molecule has 0 saturated carbocycles. The van der Waals surface area contributed by atoms with Crippen LogP contribution in [0.2, 0.25) is 0 Å². The number of hydrogen-bond acceptors (Lipinski definition) is 4. The summed E-state index contributed by atoms with van der Waals surface area (Å²) in [4.78, 5) is 34.1. The van der Waals surface area contributed by atoms with E-state index in [4.69, 9.17) is 4.74 Å². The maximum absolute atomic E-state index is 12.8. The van der Waals surface area contributed by atoms with Crippen molar-refractivity contribution in [3.8, 4) is 5.75 Å². The summed E-state index contributed by atoms with van der Waals surface area (Å²) < 4.78 is 5.24. The Morgan fingerprint density at radius 2 is 2.00 bits per heavy atom. The van der Waals surface area contributed by atoms with E-state index in [1.54, 1.807) is 18.9 Å². The van der Waals surface area contributed by atoms with Gasteiger partial charge in [0, 0.05) is 26.1 Å². The fourth-order valence-corrected chi connectivity index (χ4v) is 3.90. The molecule has 3 aromatic rings. The van der Waals surface area contributed by atoms with E-state index in [0.717, 1.165) is 28.8 Å². The summed E-state index contributed by atoms with van der Waals surface area (Å²) >= 11 is 0. The summed E-state index contributed by atoms with van der Waals surface area (Å²) in [6.07, 6.45) is 1.32. The molecule has 1 fully saturated rings. The number of methoxy groups -OCH3 is 1. The van der Waals surface area contributed by atoms with Crippen molar-refractivity contribution in [2.75, 3.05) is 20.2 Å². The van der Waals surface area contributed by atoms with Crippen molar-refractivity contribution in [3.63, 3.8) is 0 Å². The van der Waals surface area contributed by atoms with Gasteiger partial charge in [0.1, 0.15) is 11.6 Å². The number of nitrogens with one attached hydrogen (secondary N) is 3. The lowest BCUT2D eigenvalue weighted by molar-refractivity contribution is -0.127. The van der Waals surface area contributed by atoms with Crippen molar-refractivity contribution in [1.29, 1.82) is 0 Å². The van der Waals surface area contributed by atoms with Gasteiger partial charge in [-0.1, -0.05) is 24.3 Å². The van der Waals surface area contributed by atoms with Gasteiger partial charge in [-0.05, 0) is 42.7 Å². The van der Waals surface area contributed by atoms with Crippen LogP contribution in [0.1, 0.15) is 30.8 Å². The summed E-state index contributed by atoms with van der Waals surface area (Å²) in [7, 11) is 1.63. The summed E-state index contributed by atoms with van der Waals surface area (Å²) in [6.45, 7) is 2.75. The molecule has 0 spiro atoms. The lowest BCUT2D eigenvalue weighted by atomic mass is 10.1. The van der Waals surface area contributed by atoms with E-state index in [-0.39, 0.29) is 24.0 Å². The number of para-hydroxylation sites is 2. The minimum absolute atomic E-state index is 0.0318. The summed E-state index contributed by atoms with van der Waals surface area (Å²) in [5.41, 5.74) is 2.83. The number of aromatic nitrogens is 2. The number of aromatic amines is 1. The summed E-state index contributed by atoms with van der Waals surface area (Å²) in [5, 5.41) is 6.06. The molecular weight excluding hydrogens is 394 g/mol. The number of likely N-dealkylation sites (tertiary alicyclic amines) is 1. The second-order valence-corrected chi connectivity index (χ2v) is 7.81. The smallest absolute Gasteiger partial charge is 0.315 e. The number of ether oxygens (including phenoxy) is 1. The molecule has 4 rings (SSSR count). The standard InChI is InChI=1S/C23H27N5O3/c1-15(29)28-12-11-17(14-28)24-23(30)27-21(13-16-7-9-18(31-2)10-8-16)22-25-19-5-3-4-6-20(19)26-22/h3-10,17,21H,11-14H2,1-2H3,(H,25,26)(H2,24,27,30)/t17-,21-/m1/s1. The minimum atomic E-state index is -0.342. The Morgan fingerprint density at radius 1 is 1.23 bits per heavy atom. The molecule has 1 saturated heterocycles. The molecule has 0 aliphatic carbocycles. The predicted octanol–water partition coefficient (Wildman–Crippen LogP) is 2.78. The lowest BCUT2D eigenvalue weighted by Crippen LogP contribution is -2.45. The van der Waals surface area contributed by atoms with E-state index in [0.29, 0.717) is 25.3 Å². The number of carbonyl (C=O) groups excluding carboxylic acids is 2. The normalized spacial score (nSPS) is 16.8. The van der Waals surface area contributed by atoms with Gasteiger partial charge in [-0.25, -0.2) is 9.78 Å². The number of benzene rings is 2. The summed E-state index contributed by atoms with van der Waals surface area (Å²) in [6, 6.07) is 14.9. The first-order valence-corrected chi connectivity index (χ1v) is 10.4. The maximum atomic E-state index is 12.8. The SMILES string of the molecule is COc1ccc(C[C@@H](NC(=O)N[C@@H]2CCN(C(C)=O)C2)c2nc3ccccc3[nH]2)cc1. The Kier molecular flexibility index (Phi) is 6.06. The summed E-state index contributed by atoms with van der Waals surface area (Å²) in [5.74, 6) is 1.51. The first-order chi connectivity index (χ1) is 15.0. The van der Waals surface area contributed by atoms with Crippen molar-refractivity contribution in [2.24, 2.45) is 0 Å². The largest absolute Gasteiger partial charge is 0.497 e.